The molecule has 0 heterocycles. The molecule has 2 saturated carbocycles. The number of Topliss-reactive ketones (excluding diaryl/α,β-unsaturated/α-hetero) is 4. The van der Waals surface area contributed by atoms with Gasteiger partial charge in [0.1, 0.15) is 23.1 Å². The largest absolute Gasteiger partial charge is 0.299 e. The van der Waals surface area contributed by atoms with E-state index in [2.05, 4.69) is 0 Å². The summed E-state index contributed by atoms with van der Waals surface area (Å²) in [5.41, 5.74) is 0. The lowest BCUT2D eigenvalue weighted by Crippen LogP contribution is -2.44. The monoisotopic (exact) mass is 278 g/mol. The van der Waals surface area contributed by atoms with Crippen molar-refractivity contribution in [2.24, 2.45) is 17.8 Å². The Kier molecular flexibility index (Phi) is 4.84. The Bertz CT molecular complexity index is 368. The number of ketones is 4. The topological polar surface area (TPSA) is 68.3 Å². The highest BCUT2D eigenvalue weighted by Crippen LogP contribution is 2.36. The lowest BCUT2D eigenvalue weighted by molar-refractivity contribution is -0.144. The zero-order valence-corrected chi connectivity index (χ0v) is 12.0. The summed E-state index contributed by atoms with van der Waals surface area (Å²) >= 11 is 0. The molecule has 0 amide bonds. The summed E-state index contributed by atoms with van der Waals surface area (Å²) in [6, 6.07) is 0. The molecule has 4 heteroatoms. The summed E-state index contributed by atoms with van der Waals surface area (Å²) in [5.74, 6) is -2.06. The Labute approximate surface area is 119 Å². The van der Waals surface area contributed by atoms with Gasteiger partial charge in [0, 0.05) is 25.7 Å². The van der Waals surface area contributed by atoms with E-state index in [-0.39, 0.29) is 29.1 Å². The van der Waals surface area contributed by atoms with E-state index in [1.165, 1.54) is 0 Å². The molecule has 0 aromatic carbocycles. The van der Waals surface area contributed by atoms with Gasteiger partial charge in [0.2, 0.25) is 0 Å². The highest BCUT2D eigenvalue weighted by atomic mass is 16.2. The number of rotatable bonds is 4. The predicted molar refractivity (Wildman–Crippen MR) is 73.1 cm³/mol. The molecular weight excluding hydrogens is 256 g/mol. The fourth-order valence-corrected chi connectivity index (χ4v) is 3.67. The van der Waals surface area contributed by atoms with Crippen LogP contribution in [-0.2, 0) is 19.2 Å². The quantitative estimate of drug-likeness (QED) is 0.740. The lowest BCUT2D eigenvalue weighted by atomic mass is 9.66. The number of hydrogen-bond donors (Lipinski definition) is 0. The minimum atomic E-state index is -0.709. The SMILES string of the molecule is CCCC(C1C(=O)CCCC1=O)C1C(=O)CCCC1=O. The van der Waals surface area contributed by atoms with Crippen molar-refractivity contribution in [2.45, 2.75) is 58.3 Å². The molecule has 0 radical (unpaired) electrons. The van der Waals surface area contributed by atoms with E-state index in [0.717, 1.165) is 6.42 Å². The van der Waals surface area contributed by atoms with Gasteiger partial charge in [0.15, 0.2) is 0 Å². The van der Waals surface area contributed by atoms with Crippen LogP contribution in [0.4, 0.5) is 0 Å². The maximum Gasteiger partial charge on any atom is 0.143 e. The Hall–Kier alpha value is -1.32. The first-order valence-electron chi connectivity index (χ1n) is 7.67. The normalized spacial score (nSPS) is 22.9. The third-order valence-corrected chi connectivity index (χ3v) is 4.56. The molecule has 2 aliphatic rings. The van der Waals surface area contributed by atoms with E-state index in [9.17, 15) is 19.2 Å². The van der Waals surface area contributed by atoms with E-state index in [4.69, 9.17) is 0 Å². The minimum absolute atomic E-state index is 0.0640. The van der Waals surface area contributed by atoms with Gasteiger partial charge in [-0.2, -0.15) is 0 Å². The molecule has 20 heavy (non-hydrogen) atoms. The van der Waals surface area contributed by atoms with Crippen molar-refractivity contribution in [3.8, 4) is 0 Å². The van der Waals surface area contributed by atoms with Gasteiger partial charge in [-0.25, -0.2) is 0 Å². The fraction of sp³-hybridized carbons (Fsp3) is 0.750. The molecule has 2 aliphatic carbocycles. The lowest BCUT2D eigenvalue weighted by Gasteiger charge is -2.34. The Balaban J connectivity index is 2.29. The van der Waals surface area contributed by atoms with Gasteiger partial charge in [0.05, 0.1) is 11.8 Å². The van der Waals surface area contributed by atoms with Crippen molar-refractivity contribution < 1.29 is 19.2 Å². The summed E-state index contributed by atoms with van der Waals surface area (Å²) in [6.45, 7) is 1.96. The summed E-state index contributed by atoms with van der Waals surface area (Å²) in [4.78, 5) is 48.5. The van der Waals surface area contributed by atoms with E-state index >= 15 is 0 Å². The van der Waals surface area contributed by atoms with Crippen LogP contribution in [0, 0.1) is 17.8 Å². The first kappa shape index (κ1) is 15.1. The third-order valence-electron chi connectivity index (χ3n) is 4.56. The van der Waals surface area contributed by atoms with Crippen molar-refractivity contribution in [2.75, 3.05) is 0 Å². The van der Waals surface area contributed by atoms with Crippen molar-refractivity contribution in [3.63, 3.8) is 0 Å². The molecule has 0 N–H and O–H groups in total. The van der Waals surface area contributed by atoms with Crippen LogP contribution in [0.25, 0.3) is 0 Å². The summed E-state index contributed by atoms with van der Waals surface area (Å²) in [6.07, 6.45) is 4.23. The van der Waals surface area contributed by atoms with Crippen LogP contribution in [0.1, 0.15) is 58.3 Å². The maximum absolute atomic E-state index is 12.1. The molecule has 0 aromatic heterocycles. The maximum atomic E-state index is 12.1. The van der Waals surface area contributed by atoms with E-state index in [0.29, 0.717) is 44.9 Å². The van der Waals surface area contributed by atoms with Crippen molar-refractivity contribution in [1.29, 1.82) is 0 Å². The molecule has 0 aromatic rings. The van der Waals surface area contributed by atoms with Crippen LogP contribution >= 0.6 is 0 Å². The van der Waals surface area contributed by atoms with Gasteiger partial charge in [-0.05, 0) is 25.2 Å². The molecule has 0 atom stereocenters. The number of carbonyl (C=O) groups excluding carboxylic acids is 4. The molecule has 2 fully saturated rings. The molecule has 4 nitrogen and oxygen atoms in total. The third kappa shape index (κ3) is 2.89. The van der Waals surface area contributed by atoms with E-state index < -0.39 is 11.8 Å². The van der Waals surface area contributed by atoms with Gasteiger partial charge in [-0.3, -0.25) is 19.2 Å². The molecule has 110 valence electrons. The van der Waals surface area contributed by atoms with Gasteiger partial charge in [0.25, 0.3) is 0 Å². The van der Waals surface area contributed by atoms with E-state index in [1.807, 2.05) is 6.92 Å². The van der Waals surface area contributed by atoms with Crippen LogP contribution in [-0.4, -0.2) is 23.1 Å². The zero-order valence-electron chi connectivity index (χ0n) is 12.0. The number of hydrogen-bond acceptors (Lipinski definition) is 4. The van der Waals surface area contributed by atoms with Crippen molar-refractivity contribution >= 4 is 23.1 Å². The van der Waals surface area contributed by atoms with Gasteiger partial charge in [-0.1, -0.05) is 13.3 Å². The molecule has 0 aliphatic heterocycles. The average Bonchev–Trinajstić information content (AvgIpc) is 2.38. The van der Waals surface area contributed by atoms with Crippen LogP contribution < -0.4 is 0 Å². The molecule has 0 saturated heterocycles. The second-order valence-corrected chi connectivity index (χ2v) is 5.98. The van der Waals surface area contributed by atoms with Crippen LogP contribution in [0.2, 0.25) is 0 Å². The molecule has 0 bridgehead atoms. The van der Waals surface area contributed by atoms with Gasteiger partial charge in [-0.15, -0.1) is 0 Å². The van der Waals surface area contributed by atoms with Crippen LogP contribution in [0.5, 0.6) is 0 Å². The van der Waals surface area contributed by atoms with E-state index in [1.54, 1.807) is 0 Å². The summed E-state index contributed by atoms with van der Waals surface area (Å²) in [5, 5.41) is 0. The predicted octanol–water partition coefficient (Wildman–Crippen LogP) is 2.28. The Morgan fingerprint density at radius 2 is 1.15 bits per heavy atom. The molecule has 0 spiro atoms. The summed E-state index contributed by atoms with van der Waals surface area (Å²) in [7, 11) is 0. The second-order valence-electron chi connectivity index (χ2n) is 5.98. The first-order chi connectivity index (χ1) is 9.56. The van der Waals surface area contributed by atoms with Crippen LogP contribution in [0.3, 0.4) is 0 Å². The first-order valence-corrected chi connectivity index (χ1v) is 7.67. The highest BCUT2D eigenvalue weighted by molar-refractivity contribution is 6.09. The number of carbonyl (C=O) groups is 4. The second kappa shape index (κ2) is 6.42. The minimum Gasteiger partial charge on any atom is -0.299 e. The Morgan fingerprint density at radius 1 is 0.800 bits per heavy atom. The van der Waals surface area contributed by atoms with Crippen LogP contribution in [0.15, 0.2) is 0 Å². The summed E-state index contributed by atoms with van der Waals surface area (Å²) < 4.78 is 0. The fourth-order valence-electron chi connectivity index (χ4n) is 3.67. The van der Waals surface area contributed by atoms with Gasteiger partial charge >= 0.3 is 0 Å². The smallest absolute Gasteiger partial charge is 0.143 e. The molecule has 2 rings (SSSR count). The molecule has 0 unspecified atom stereocenters. The zero-order chi connectivity index (χ0) is 14.7. The van der Waals surface area contributed by atoms with Gasteiger partial charge < -0.3 is 0 Å². The highest BCUT2D eigenvalue weighted by Gasteiger charge is 2.45. The average molecular weight is 278 g/mol. The standard InChI is InChI=1S/C16H22O4/c1-2-5-10(15-11(17)6-3-7-12(15)18)16-13(19)8-4-9-14(16)20/h10,15-16H,2-9H2,1H3. The Morgan fingerprint density at radius 3 is 1.45 bits per heavy atom. The molecular formula is C16H22O4. The van der Waals surface area contributed by atoms with Crippen molar-refractivity contribution in [3.05, 3.63) is 0 Å². The van der Waals surface area contributed by atoms with Crippen molar-refractivity contribution in [1.82, 2.24) is 0 Å².